The van der Waals surface area contributed by atoms with Gasteiger partial charge in [-0.25, -0.2) is 4.98 Å². The van der Waals surface area contributed by atoms with E-state index in [-0.39, 0.29) is 11.5 Å². The average Bonchev–Trinajstić information content (AvgIpc) is 3.12. The summed E-state index contributed by atoms with van der Waals surface area (Å²) in [4.78, 5) is 29.0. The Morgan fingerprint density at radius 3 is 2.85 bits per heavy atom. The molecule has 0 saturated carbocycles. The summed E-state index contributed by atoms with van der Waals surface area (Å²) in [7, 11) is 0. The van der Waals surface area contributed by atoms with E-state index in [1.54, 1.807) is 6.20 Å². The van der Waals surface area contributed by atoms with Crippen LogP contribution in [-0.2, 0) is 16.3 Å². The van der Waals surface area contributed by atoms with Gasteiger partial charge in [0.25, 0.3) is 5.56 Å². The van der Waals surface area contributed by atoms with Gasteiger partial charge in [0.2, 0.25) is 5.91 Å². The van der Waals surface area contributed by atoms with Crippen molar-refractivity contribution in [3.05, 3.63) is 69.1 Å². The van der Waals surface area contributed by atoms with Crippen molar-refractivity contribution < 1.29 is 4.79 Å². The first-order valence-electron chi connectivity index (χ1n) is 8.55. The molecule has 0 spiro atoms. The molecular formula is C19H21N3O2S3. The van der Waals surface area contributed by atoms with Crippen molar-refractivity contribution in [2.45, 2.75) is 18.4 Å². The van der Waals surface area contributed by atoms with Gasteiger partial charge in [-0.1, -0.05) is 29.8 Å². The Morgan fingerprint density at radius 2 is 2.04 bits per heavy atom. The van der Waals surface area contributed by atoms with Gasteiger partial charge in [-0.05, 0) is 12.5 Å². The lowest BCUT2D eigenvalue weighted by Gasteiger charge is -2.06. The zero-order chi connectivity index (χ0) is 19.1. The standard InChI is InChI=1S/C19H21N3O2S3/c1-14-2-4-15(5-3-14)11-25-8-6-20-17(23)13-26-12-16-10-18(24)22-7-9-27-19(22)21-16/h2-5,7,9-10H,6,8,11-13H2,1H3,(H,20,23). The third-order valence-electron chi connectivity index (χ3n) is 3.80. The molecule has 0 aliphatic carbocycles. The number of nitrogens with one attached hydrogen (secondary N) is 1. The number of rotatable bonds is 9. The number of carbonyl (C=O) groups is 1. The molecular weight excluding hydrogens is 398 g/mol. The van der Waals surface area contributed by atoms with E-state index in [0.29, 0.717) is 28.7 Å². The number of fused-ring (bicyclic) bond motifs is 1. The second-order valence-electron chi connectivity index (χ2n) is 6.02. The lowest BCUT2D eigenvalue weighted by atomic mass is 10.2. The highest BCUT2D eigenvalue weighted by Gasteiger charge is 2.06. The van der Waals surface area contributed by atoms with Gasteiger partial charge >= 0.3 is 0 Å². The number of carbonyl (C=O) groups excluding carboxylic acids is 1. The predicted octanol–water partition coefficient (Wildman–Crippen LogP) is 3.35. The molecule has 27 heavy (non-hydrogen) atoms. The van der Waals surface area contributed by atoms with Crippen LogP contribution in [0.25, 0.3) is 4.96 Å². The first-order chi connectivity index (χ1) is 13.1. The van der Waals surface area contributed by atoms with Crippen molar-refractivity contribution in [3.63, 3.8) is 0 Å². The SMILES string of the molecule is Cc1ccc(CSCCNC(=O)CSCc2cc(=O)n3ccsc3n2)cc1. The number of nitrogens with zero attached hydrogens (tertiary/aromatic N) is 2. The van der Waals surface area contributed by atoms with Crippen LogP contribution in [0.1, 0.15) is 16.8 Å². The number of benzene rings is 1. The largest absolute Gasteiger partial charge is 0.355 e. The molecule has 0 bridgehead atoms. The van der Waals surface area contributed by atoms with Gasteiger partial charge in [0.15, 0.2) is 4.96 Å². The highest BCUT2D eigenvalue weighted by Crippen LogP contribution is 2.13. The third-order valence-corrected chi connectivity index (χ3v) is 6.55. The van der Waals surface area contributed by atoms with Crippen molar-refractivity contribution in [1.29, 1.82) is 0 Å². The number of hydrogen-bond acceptors (Lipinski definition) is 6. The Morgan fingerprint density at radius 1 is 1.22 bits per heavy atom. The average molecular weight is 420 g/mol. The van der Waals surface area contributed by atoms with Crippen LogP contribution in [0.15, 0.2) is 46.7 Å². The second kappa shape index (κ2) is 9.96. The maximum atomic E-state index is 11.9. The Labute approximate surface area is 170 Å². The first kappa shape index (κ1) is 20.0. The molecule has 1 N–H and O–H groups in total. The summed E-state index contributed by atoms with van der Waals surface area (Å²) < 4.78 is 1.53. The number of thiazole rings is 1. The molecule has 1 aromatic carbocycles. The predicted molar refractivity (Wildman–Crippen MR) is 116 cm³/mol. The van der Waals surface area contributed by atoms with E-state index in [4.69, 9.17) is 0 Å². The normalized spacial score (nSPS) is 11.0. The fraction of sp³-hybridized carbons (Fsp3) is 0.316. The van der Waals surface area contributed by atoms with E-state index in [9.17, 15) is 9.59 Å². The monoisotopic (exact) mass is 419 g/mol. The topological polar surface area (TPSA) is 63.5 Å². The Hall–Kier alpha value is -1.77. The van der Waals surface area contributed by atoms with E-state index < -0.39 is 0 Å². The van der Waals surface area contributed by atoms with Crippen LogP contribution in [0, 0.1) is 6.92 Å². The highest BCUT2D eigenvalue weighted by atomic mass is 32.2. The summed E-state index contributed by atoms with van der Waals surface area (Å²) in [6.07, 6.45) is 1.72. The van der Waals surface area contributed by atoms with Crippen LogP contribution in [0.3, 0.4) is 0 Å². The van der Waals surface area contributed by atoms with Gasteiger partial charge < -0.3 is 5.32 Å². The van der Waals surface area contributed by atoms with Crippen molar-refractivity contribution in [1.82, 2.24) is 14.7 Å². The summed E-state index contributed by atoms with van der Waals surface area (Å²) in [5, 5.41) is 4.77. The van der Waals surface area contributed by atoms with Gasteiger partial charge in [-0.2, -0.15) is 11.8 Å². The summed E-state index contributed by atoms with van der Waals surface area (Å²) in [5.41, 5.74) is 3.21. The minimum absolute atomic E-state index is 0.0184. The number of aryl methyl sites for hydroxylation is 1. The van der Waals surface area contributed by atoms with Crippen molar-refractivity contribution in [2.75, 3.05) is 18.1 Å². The van der Waals surface area contributed by atoms with Crippen LogP contribution in [0.5, 0.6) is 0 Å². The maximum absolute atomic E-state index is 11.9. The van der Waals surface area contributed by atoms with Crippen LogP contribution < -0.4 is 10.9 Å². The summed E-state index contributed by atoms with van der Waals surface area (Å²) in [5.74, 6) is 2.78. The number of amides is 1. The van der Waals surface area contributed by atoms with Crippen molar-refractivity contribution >= 4 is 45.7 Å². The van der Waals surface area contributed by atoms with Gasteiger partial charge in [0.05, 0.1) is 11.4 Å². The minimum Gasteiger partial charge on any atom is -0.355 e. The zero-order valence-electron chi connectivity index (χ0n) is 15.0. The molecule has 8 heteroatoms. The van der Waals surface area contributed by atoms with Gasteiger partial charge in [-0.3, -0.25) is 14.0 Å². The Bertz CT molecular complexity index is 951. The lowest BCUT2D eigenvalue weighted by molar-refractivity contribution is -0.118. The van der Waals surface area contributed by atoms with Crippen molar-refractivity contribution in [3.8, 4) is 0 Å². The molecule has 0 fully saturated rings. The molecule has 0 aliphatic heterocycles. The highest BCUT2D eigenvalue weighted by molar-refractivity contribution is 7.99. The van der Waals surface area contributed by atoms with E-state index in [0.717, 1.165) is 11.5 Å². The van der Waals surface area contributed by atoms with E-state index >= 15 is 0 Å². The maximum Gasteiger partial charge on any atom is 0.258 e. The zero-order valence-corrected chi connectivity index (χ0v) is 17.5. The molecule has 0 aliphatic rings. The molecule has 0 atom stereocenters. The van der Waals surface area contributed by atoms with Gasteiger partial charge in [-0.15, -0.1) is 23.1 Å². The first-order valence-corrected chi connectivity index (χ1v) is 11.7. The molecule has 0 unspecified atom stereocenters. The number of hydrogen-bond donors (Lipinski definition) is 1. The Kier molecular flexibility index (Phi) is 7.37. The molecule has 0 radical (unpaired) electrons. The fourth-order valence-corrected chi connectivity index (χ4v) is 4.70. The molecule has 142 valence electrons. The van der Waals surface area contributed by atoms with Crippen molar-refractivity contribution in [2.24, 2.45) is 0 Å². The molecule has 2 aromatic heterocycles. The third kappa shape index (κ3) is 6.12. The number of aromatic nitrogens is 2. The molecule has 1 amide bonds. The second-order valence-corrected chi connectivity index (χ2v) is 8.99. The fourth-order valence-electron chi connectivity index (χ4n) is 2.40. The van der Waals surface area contributed by atoms with Gasteiger partial charge in [0.1, 0.15) is 0 Å². The summed E-state index contributed by atoms with van der Waals surface area (Å²) >= 11 is 4.71. The Balaban J connectivity index is 1.31. The molecule has 3 aromatic rings. The van der Waals surface area contributed by atoms with Crippen LogP contribution in [-0.4, -0.2) is 33.3 Å². The minimum atomic E-state index is -0.0769. The van der Waals surface area contributed by atoms with Crippen LogP contribution >= 0.6 is 34.9 Å². The summed E-state index contributed by atoms with van der Waals surface area (Å²) in [6, 6.07) is 10.1. The van der Waals surface area contributed by atoms with Crippen LogP contribution in [0.4, 0.5) is 0 Å². The van der Waals surface area contributed by atoms with E-state index in [1.165, 1.54) is 44.7 Å². The van der Waals surface area contributed by atoms with Crippen LogP contribution in [0.2, 0.25) is 0 Å². The smallest absolute Gasteiger partial charge is 0.258 e. The van der Waals surface area contributed by atoms with Gasteiger partial charge in [0, 0.05) is 41.4 Å². The molecule has 2 heterocycles. The molecule has 5 nitrogen and oxygen atoms in total. The number of thioether (sulfide) groups is 2. The lowest BCUT2D eigenvalue weighted by Crippen LogP contribution is -2.27. The summed E-state index contributed by atoms with van der Waals surface area (Å²) in [6.45, 7) is 2.75. The molecule has 3 rings (SSSR count). The van der Waals surface area contributed by atoms with E-state index in [2.05, 4.69) is 41.5 Å². The quantitative estimate of drug-likeness (QED) is 0.539. The van der Waals surface area contributed by atoms with E-state index in [1.807, 2.05) is 17.1 Å². The molecule has 0 saturated heterocycles.